The highest BCUT2D eigenvalue weighted by Crippen LogP contribution is 2.28. The average molecular weight is 398 g/mol. The van der Waals surface area contributed by atoms with Gasteiger partial charge in [-0.2, -0.15) is 0 Å². The van der Waals surface area contributed by atoms with Crippen LogP contribution in [0.1, 0.15) is 21.5 Å². The summed E-state index contributed by atoms with van der Waals surface area (Å²) in [5.74, 6) is -1.60. The zero-order chi connectivity index (χ0) is 20.3. The third kappa shape index (κ3) is 4.11. The number of amides is 1. The van der Waals surface area contributed by atoms with Gasteiger partial charge in [-0.25, -0.2) is 12.8 Å². The molecule has 0 heterocycles. The maximum atomic E-state index is 14.4. The molecule has 0 radical (unpaired) electrons. The van der Waals surface area contributed by atoms with Crippen LogP contribution >= 0.6 is 0 Å². The van der Waals surface area contributed by atoms with Crippen molar-refractivity contribution in [2.24, 2.45) is 0 Å². The largest absolute Gasteiger partial charge is 0.273 e. The van der Waals surface area contributed by atoms with Gasteiger partial charge in [0.05, 0.1) is 10.5 Å². The van der Waals surface area contributed by atoms with Gasteiger partial charge in [0.1, 0.15) is 5.82 Å². The topological polar surface area (TPSA) is 75.3 Å². The minimum atomic E-state index is -3.96. The number of carbonyl (C=O) groups excluding carboxylic acids is 1. The number of hydrogen-bond donors (Lipinski definition) is 2. The molecule has 3 aromatic carbocycles. The molecular weight excluding hydrogens is 379 g/mol. The second kappa shape index (κ2) is 7.92. The van der Waals surface area contributed by atoms with Gasteiger partial charge in [-0.1, -0.05) is 54.1 Å². The van der Waals surface area contributed by atoms with E-state index in [-0.39, 0.29) is 10.5 Å². The van der Waals surface area contributed by atoms with E-state index in [2.05, 4.69) is 5.43 Å². The number of nitrogens with one attached hydrogen (secondary N) is 2. The summed E-state index contributed by atoms with van der Waals surface area (Å²) in [6, 6.07) is 18.0. The lowest BCUT2D eigenvalue weighted by Gasteiger charge is -2.14. The molecule has 3 aromatic rings. The number of sulfonamides is 1. The summed E-state index contributed by atoms with van der Waals surface area (Å²) in [4.78, 5) is 14.5. The lowest BCUT2D eigenvalue weighted by Crippen LogP contribution is -2.42. The molecule has 5 nitrogen and oxygen atoms in total. The molecule has 0 aliphatic heterocycles. The number of hydrazine groups is 1. The molecule has 0 unspecified atom stereocenters. The van der Waals surface area contributed by atoms with E-state index in [9.17, 15) is 17.6 Å². The highest BCUT2D eigenvalue weighted by Gasteiger charge is 2.21. The van der Waals surface area contributed by atoms with E-state index in [4.69, 9.17) is 0 Å². The molecule has 0 aliphatic carbocycles. The van der Waals surface area contributed by atoms with E-state index in [1.807, 2.05) is 36.0 Å². The van der Waals surface area contributed by atoms with E-state index < -0.39 is 21.7 Å². The first-order valence-electron chi connectivity index (χ1n) is 8.53. The molecule has 0 bridgehead atoms. The minimum absolute atomic E-state index is 0.0130. The number of carbonyl (C=O) groups is 1. The Morgan fingerprint density at radius 1 is 0.929 bits per heavy atom. The van der Waals surface area contributed by atoms with E-state index in [0.717, 1.165) is 11.1 Å². The first-order valence-corrected chi connectivity index (χ1v) is 10.0. The normalized spacial score (nSPS) is 11.2. The number of halogens is 1. The quantitative estimate of drug-likeness (QED) is 0.643. The fourth-order valence-corrected chi connectivity index (χ4v) is 3.78. The summed E-state index contributed by atoms with van der Waals surface area (Å²) in [7, 11) is -3.96. The minimum Gasteiger partial charge on any atom is -0.273 e. The maximum absolute atomic E-state index is 14.4. The van der Waals surface area contributed by atoms with Crippen LogP contribution in [0.5, 0.6) is 0 Å². The number of benzene rings is 3. The summed E-state index contributed by atoms with van der Waals surface area (Å²) in [5.41, 5.74) is 4.87. The predicted octanol–water partition coefficient (Wildman–Crippen LogP) is 3.73. The molecule has 2 N–H and O–H groups in total. The van der Waals surface area contributed by atoms with Crippen molar-refractivity contribution in [1.29, 1.82) is 0 Å². The molecule has 1 amide bonds. The van der Waals surface area contributed by atoms with Gasteiger partial charge in [0.2, 0.25) is 0 Å². The van der Waals surface area contributed by atoms with Gasteiger partial charge < -0.3 is 0 Å². The molecule has 0 aliphatic rings. The predicted molar refractivity (Wildman–Crippen MR) is 106 cm³/mol. The SMILES string of the molecule is Cc1cccc(-c2ccc(F)c(C(=O)NNS(=O)(=O)c3ccccc3)c2C)c1. The van der Waals surface area contributed by atoms with Gasteiger partial charge in [0, 0.05) is 0 Å². The van der Waals surface area contributed by atoms with Crippen molar-refractivity contribution in [3.05, 3.63) is 89.2 Å². The number of rotatable bonds is 5. The van der Waals surface area contributed by atoms with Crippen LogP contribution in [0.4, 0.5) is 4.39 Å². The van der Waals surface area contributed by atoms with E-state index >= 15 is 0 Å². The van der Waals surface area contributed by atoms with E-state index in [0.29, 0.717) is 11.1 Å². The second-order valence-corrected chi connectivity index (χ2v) is 8.02. The highest BCUT2D eigenvalue weighted by molar-refractivity contribution is 7.89. The van der Waals surface area contributed by atoms with Crippen molar-refractivity contribution in [2.75, 3.05) is 0 Å². The Hall–Kier alpha value is -3.03. The van der Waals surface area contributed by atoms with Crippen LogP contribution in [0, 0.1) is 19.7 Å². The van der Waals surface area contributed by atoms with Gasteiger partial charge in [0.15, 0.2) is 0 Å². The van der Waals surface area contributed by atoms with Crippen LogP contribution in [0.2, 0.25) is 0 Å². The Kier molecular flexibility index (Phi) is 5.58. The van der Waals surface area contributed by atoms with Gasteiger partial charge in [-0.3, -0.25) is 10.2 Å². The van der Waals surface area contributed by atoms with Crippen molar-refractivity contribution in [3.8, 4) is 11.1 Å². The Labute approximate surface area is 163 Å². The highest BCUT2D eigenvalue weighted by atomic mass is 32.2. The summed E-state index contributed by atoms with van der Waals surface area (Å²) in [5, 5.41) is 0. The lowest BCUT2D eigenvalue weighted by molar-refractivity contribution is 0.0940. The molecule has 0 atom stereocenters. The zero-order valence-corrected chi connectivity index (χ0v) is 16.2. The van der Waals surface area contributed by atoms with E-state index in [1.54, 1.807) is 31.2 Å². The van der Waals surface area contributed by atoms with Crippen molar-refractivity contribution >= 4 is 15.9 Å². The number of hydrogen-bond acceptors (Lipinski definition) is 3. The third-order valence-electron chi connectivity index (χ3n) is 4.32. The Balaban J connectivity index is 1.89. The van der Waals surface area contributed by atoms with Crippen molar-refractivity contribution < 1.29 is 17.6 Å². The first-order chi connectivity index (χ1) is 13.3. The summed E-state index contributed by atoms with van der Waals surface area (Å²) >= 11 is 0. The molecule has 144 valence electrons. The molecule has 28 heavy (non-hydrogen) atoms. The lowest BCUT2D eigenvalue weighted by atomic mass is 9.95. The molecule has 0 saturated carbocycles. The molecule has 3 rings (SSSR count). The maximum Gasteiger partial charge on any atom is 0.269 e. The fraction of sp³-hybridized carbons (Fsp3) is 0.0952. The van der Waals surface area contributed by atoms with Gasteiger partial charge in [-0.05, 0) is 48.7 Å². The van der Waals surface area contributed by atoms with Crippen molar-refractivity contribution in [3.63, 3.8) is 0 Å². The van der Waals surface area contributed by atoms with Gasteiger partial charge in [0.25, 0.3) is 15.9 Å². The zero-order valence-electron chi connectivity index (χ0n) is 15.4. The summed E-state index contributed by atoms with van der Waals surface area (Å²) in [6.07, 6.45) is 0. The van der Waals surface area contributed by atoms with Gasteiger partial charge >= 0.3 is 0 Å². The Morgan fingerprint density at radius 3 is 2.32 bits per heavy atom. The summed E-state index contributed by atoms with van der Waals surface area (Å²) in [6.45, 7) is 3.57. The molecule has 0 spiro atoms. The van der Waals surface area contributed by atoms with Crippen LogP contribution in [0.15, 0.2) is 71.6 Å². The smallest absolute Gasteiger partial charge is 0.269 e. The van der Waals surface area contributed by atoms with E-state index in [1.165, 1.54) is 18.2 Å². The van der Waals surface area contributed by atoms with Crippen LogP contribution in [0.25, 0.3) is 11.1 Å². The second-order valence-electron chi connectivity index (χ2n) is 6.34. The fourth-order valence-electron chi connectivity index (χ4n) is 2.92. The first kappa shape index (κ1) is 19.7. The van der Waals surface area contributed by atoms with Crippen LogP contribution in [-0.4, -0.2) is 14.3 Å². The summed E-state index contributed by atoms with van der Waals surface area (Å²) < 4.78 is 38.9. The number of aryl methyl sites for hydroxylation is 1. The third-order valence-corrected chi connectivity index (χ3v) is 5.59. The Morgan fingerprint density at radius 2 is 1.64 bits per heavy atom. The van der Waals surface area contributed by atoms with Crippen LogP contribution < -0.4 is 10.3 Å². The molecule has 0 fully saturated rings. The molecule has 0 saturated heterocycles. The molecular formula is C21H19FN2O3S. The van der Waals surface area contributed by atoms with Crippen molar-refractivity contribution in [1.82, 2.24) is 10.3 Å². The van der Waals surface area contributed by atoms with Gasteiger partial charge in [-0.15, -0.1) is 4.83 Å². The molecule has 0 aromatic heterocycles. The standard InChI is InChI=1S/C21H19FN2O3S/c1-14-7-6-8-16(13-14)18-11-12-19(22)20(15(18)2)21(25)23-24-28(26,27)17-9-4-3-5-10-17/h3-13,24H,1-2H3,(H,23,25). The Bertz CT molecular complexity index is 1130. The monoisotopic (exact) mass is 398 g/mol. The van der Waals surface area contributed by atoms with Crippen LogP contribution in [0.3, 0.4) is 0 Å². The van der Waals surface area contributed by atoms with Crippen LogP contribution in [-0.2, 0) is 10.0 Å². The average Bonchev–Trinajstić information content (AvgIpc) is 2.67. The molecule has 7 heteroatoms. The van der Waals surface area contributed by atoms with Crippen molar-refractivity contribution in [2.45, 2.75) is 18.7 Å².